The first kappa shape index (κ1) is 24.9. The van der Waals surface area contributed by atoms with Crippen LogP contribution >= 0.6 is 0 Å². The van der Waals surface area contributed by atoms with Crippen molar-refractivity contribution in [3.63, 3.8) is 0 Å². The van der Waals surface area contributed by atoms with Gasteiger partial charge in [-0.3, -0.25) is 9.69 Å². The van der Waals surface area contributed by atoms with Gasteiger partial charge in [-0.1, -0.05) is 24.2 Å². The van der Waals surface area contributed by atoms with Gasteiger partial charge in [-0.25, -0.2) is 13.2 Å². The second kappa shape index (κ2) is 9.77. The molecule has 2 aromatic carbocycles. The number of carbonyl (C=O) groups excluding carboxylic acids is 1. The number of allylic oxidation sites excluding steroid dienone is 1. The molecule has 0 aliphatic carbocycles. The molecule has 0 N–H and O–H groups in total. The van der Waals surface area contributed by atoms with E-state index < -0.39 is 23.3 Å². The maximum atomic E-state index is 15.4. The van der Waals surface area contributed by atoms with Crippen LogP contribution in [0.2, 0.25) is 0 Å². The summed E-state index contributed by atoms with van der Waals surface area (Å²) in [7, 11) is 0. The summed E-state index contributed by atoms with van der Waals surface area (Å²) >= 11 is 0. The van der Waals surface area contributed by atoms with Gasteiger partial charge in [0.1, 0.15) is 23.6 Å². The van der Waals surface area contributed by atoms with Crippen LogP contribution in [0.1, 0.15) is 61.8 Å². The number of halogens is 3. The minimum Gasteiger partial charge on any atom is -0.334 e. The third kappa shape index (κ3) is 5.22. The van der Waals surface area contributed by atoms with Crippen LogP contribution in [0, 0.1) is 11.6 Å². The first-order valence-electron chi connectivity index (χ1n) is 11.6. The van der Waals surface area contributed by atoms with Crippen molar-refractivity contribution in [2.75, 3.05) is 6.54 Å². The van der Waals surface area contributed by atoms with Gasteiger partial charge in [0.15, 0.2) is 5.82 Å². The van der Waals surface area contributed by atoms with E-state index in [0.29, 0.717) is 36.4 Å². The van der Waals surface area contributed by atoms with Gasteiger partial charge in [-0.2, -0.15) is 4.98 Å². The fourth-order valence-corrected chi connectivity index (χ4v) is 4.68. The summed E-state index contributed by atoms with van der Waals surface area (Å²) in [5.74, 6) is -0.537. The molecule has 4 rings (SSSR count). The number of hydrogen-bond acceptors (Lipinski definition) is 5. The molecule has 0 saturated heterocycles. The highest BCUT2D eigenvalue weighted by molar-refractivity contribution is 5.74. The van der Waals surface area contributed by atoms with Gasteiger partial charge in [0.25, 0.3) is 5.89 Å². The Morgan fingerprint density at radius 1 is 1.20 bits per heavy atom. The maximum absolute atomic E-state index is 15.4. The number of rotatable bonds is 7. The number of carbonyl (C=O) groups is 1. The monoisotopic (exact) mass is 483 g/mol. The number of fused-ring (bicyclic) bond motifs is 1. The van der Waals surface area contributed by atoms with Gasteiger partial charge in [0, 0.05) is 30.1 Å². The van der Waals surface area contributed by atoms with E-state index in [4.69, 9.17) is 4.52 Å². The Morgan fingerprint density at radius 2 is 1.91 bits per heavy atom. The number of aromatic nitrogens is 2. The lowest BCUT2D eigenvalue weighted by atomic mass is 9.83. The molecule has 184 valence electrons. The van der Waals surface area contributed by atoms with Crippen LogP contribution in [0.15, 0.2) is 40.9 Å². The van der Waals surface area contributed by atoms with Crippen molar-refractivity contribution in [2.45, 2.75) is 58.3 Å². The summed E-state index contributed by atoms with van der Waals surface area (Å²) in [4.78, 5) is 16.8. The molecule has 0 amide bonds. The molecule has 1 aliphatic heterocycles. The van der Waals surface area contributed by atoms with Crippen LogP contribution in [0.3, 0.4) is 0 Å². The third-order valence-electron chi connectivity index (χ3n) is 6.18. The average molecular weight is 484 g/mol. The second-order valence-electron chi connectivity index (χ2n) is 9.52. The second-order valence-corrected chi connectivity index (χ2v) is 9.52. The van der Waals surface area contributed by atoms with Crippen molar-refractivity contribution in [3.05, 3.63) is 76.1 Å². The molecule has 5 nitrogen and oxygen atoms in total. The molecule has 1 aromatic heterocycles. The summed E-state index contributed by atoms with van der Waals surface area (Å²) < 4.78 is 51.0. The highest BCUT2D eigenvalue weighted by Gasteiger charge is 2.39. The van der Waals surface area contributed by atoms with Crippen molar-refractivity contribution in [1.82, 2.24) is 15.0 Å². The molecule has 2 atom stereocenters. The number of hydrogen-bond donors (Lipinski definition) is 0. The predicted molar refractivity (Wildman–Crippen MR) is 127 cm³/mol. The number of benzene rings is 2. The molecule has 0 fully saturated rings. The average Bonchev–Trinajstić information content (AvgIpc) is 3.27. The van der Waals surface area contributed by atoms with E-state index in [2.05, 4.69) is 10.1 Å². The summed E-state index contributed by atoms with van der Waals surface area (Å²) in [6, 6.07) is 6.83. The van der Waals surface area contributed by atoms with Gasteiger partial charge >= 0.3 is 0 Å². The first-order valence-corrected chi connectivity index (χ1v) is 11.6. The number of alkyl halides is 1. The quantitative estimate of drug-likeness (QED) is 0.311. The molecule has 0 spiro atoms. The van der Waals surface area contributed by atoms with Gasteiger partial charge in [-0.05, 0) is 74.2 Å². The zero-order valence-corrected chi connectivity index (χ0v) is 20.2. The third-order valence-corrected chi connectivity index (χ3v) is 6.18. The Bertz CT molecular complexity index is 1240. The maximum Gasteiger partial charge on any atom is 0.257 e. The molecule has 2 heterocycles. The smallest absolute Gasteiger partial charge is 0.257 e. The van der Waals surface area contributed by atoms with Crippen LogP contribution in [-0.4, -0.2) is 39.6 Å². The van der Waals surface area contributed by atoms with Crippen molar-refractivity contribution >= 4 is 12.4 Å². The van der Waals surface area contributed by atoms with Crippen LogP contribution in [0.5, 0.6) is 0 Å². The standard InChI is InChI=1S/C27H28F3N3O2/c1-5-23-31-26(35-32-23)18-8-9-20-19(14-18)11-16(2)33(15-27(3,4)30)25(20)24-21(28)12-17(7-6-10-34)13-22(24)29/h6-10,12-14,16,25H,5,11,15H2,1-4H3/b7-6+. The minimum atomic E-state index is -1.58. The predicted octanol–water partition coefficient (Wildman–Crippen LogP) is 5.87. The van der Waals surface area contributed by atoms with E-state index in [-0.39, 0.29) is 23.7 Å². The van der Waals surface area contributed by atoms with Crippen LogP contribution in [0.25, 0.3) is 17.5 Å². The zero-order valence-electron chi connectivity index (χ0n) is 20.2. The van der Waals surface area contributed by atoms with Crippen LogP contribution in [0.4, 0.5) is 13.2 Å². The Balaban J connectivity index is 1.85. The van der Waals surface area contributed by atoms with Crippen molar-refractivity contribution < 1.29 is 22.5 Å². The van der Waals surface area contributed by atoms with E-state index in [1.807, 2.05) is 24.8 Å². The molecule has 3 aromatic rings. The van der Waals surface area contributed by atoms with E-state index in [9.17, 15) is 9.18 Å². The Morgan fingerprint density at radius 3 is 2.51 bits per heavy atom. The van der Waals surface area contributed by atoms with E-state index in [1.165, 1.54) is 38.1 Å². The van der Waals surface area contributed by atoms with E-state index in [0.717, 1.165) is 11.1 Å². The molecule has 35 heavy (non-hydrogen) atoms. The van der Waals surface area contributed by atoms with Gasteiger partial charge < -0.3 is 4.52 Å². The topological polar surface area (TPSA) is 59.2 Å². The van der Waals surface area contributed by atoms with E-state index in [1.54, 1.807) is 12.1 Å². The fraction of sp³-hybridized carbons (Fsp3) is 0.370. The lowest BCUT2D eigenvalue weighted by Crippen LogP contribution is -2.48. The minimum absolute atomic E-state index is 0.00474. The normalized spacial score (nSPS) is 18.7. The first-order chi connectivity index (χ1) is 16.6. The Hall–Kier alpha value is -3.26. The Kier molecular flexibility index (Phi) is 6.94. The molecule has 0 bridgehead atoms. The van der Waals surface area contributed by atoms with Crippen molar-refractivity contribution in [2.24, 2.45) is 0 Å². The highest BCUT2D eigenvalue weighted by Crippen LogP contribution is 2.42. The molecular formula is C27H28F3N3O2. The van der Waals surface area contributed by atoms with E-state index >= 15 is 8.78 Å². The molecule has 2 unspecified atom stereocenters. The SMILES string of the molecule is CCc1noc(-c2ccc3c(c2)CC(C)N(CC(C)(C)F)C3c2c(F)cc(/C=C/C=O)cc2F)n1. The lowest BCUT2D eigenvalue weighted by molar-refractivity contribution is -0.104. The molecule has 0 saturated carbocycles. The summed E-state index contributed by atoms with van der Waals surface area (Å²) in [5, 5.41) is 3.94. The lowest BCUT2D eigenvalue weighted by Gasteiger charge is -2.44. The van der Waals surface area contributed by atoms with Crippen LogP contribution in [-0.2, 0) is 17.6 Å². The van der Waals surface area contributed by atoms with Gasteiger partial charge in [0.05, 0.1) is 6.04 Å². The summed E-state index contributed by atoms with van der Waals surface area (Å²) in [6.07, 6.45) is 4.25. The van der Waals surface area contributed by atoms with Gasteiger partial charge in [0.2, 0.25) is 0 Å². The number of nitrogens with zero attached hydrogens (tertiary/aromatic N) is 3. The van der Waals surface area contributed by atoms with Gasteiger partial charge in [-0.15, -0.1) is 0 Å². The summed E-state index contributed by atoms with van der Waals surface area (Å²) in [6.45, 7) is 6.76. The van der Waals surface area contributed by atoms with Crippen molar-refractivity contribution in [1.29, 1.82) is 0 Å². The number of aldehydes is 1. The number of aryl methyl sites for hydroxylation is 1. The molecule has 1 aliphatic rings. The molecule has 8 heteroatoms. The summed E-state index contributed by atoms with van der Waals surface area (Å²) in [5.41, 5.74) is 0.800. The highest BCUT2D eigenvalue weighted by atomic mass is 19.1. The van der Waals surface area contributed by atoms with Crippen LogP contribution < -0.4 is 0 Å². The largest absolute Gasteiger partial charge is 0.334 e. The molecular weight excluding hydrogens is 455 g/mol. The van der Waals surface area contributed by atoms with Crippen molar-refractivity contribution in [3.8, 4) is 11.5 Å². The fourth-order valence-electron chi connectivity index (χ4n) is 4.68. The zero-order chi connectivity index (χ0) is 25.3. The Labute approximate surface area is 202 Å². The molecule has 0 radical (unpaired) electrons.